The summed E-state index contributed by atoms with van der Waals surface area (Å²) in [6.45, 7) is 3.07. The summed E-state index contributed by atoms with van der Waals surface area (Å²) in [7, 11) is 0. The average molecular weight is 235 g/mol. The molecule has 5 nitrogen and oxygen atoms in total. The molecule has 0 aromatic carbocycles. The lowest BCUT2D eigenvalue weighted by atomic mass is 10.2. The SMILES string of the molecule is CCCCNc1nncc(NC2CCCC2)n1. The van der Waals surface area contributed by atoms with Crippen molar-refractivity contribution in [3.05, 3.63) is 6.20 Å². The third-order valence-electron chi connectivity index (χ3n) is 3.08. The van der Waals surface area contributed by atoms with E-state index in [4.69, 9.17) is 0 Å². The second kappa shape index (κ2) is 6.37. The standard InChI is InChI=1S/C12H21N5/c1-2-3-8-13-12-16-11(9-14-17-12)15-10-6-4-5-7-10/h9-10H,2-8H2,1H3,(H2,13,15,16,17). The Hall–Kier alpha value is -1.39. The second-order valence-electron chi connectivity index (χ2n) is 4.57. The summed E-state index contributed by atoms with van der Waals surface area (Å²) in [6.07, 6.45) is 9.11. The number of unbranched alkanes of at least 4 members (excludes halogenated alkanes) is 1. The second-order valence-corrected chi connectivity index (χ2v) is 4.57. The smallest absolute Gasteiger partial charge is 0.244 e. The minimum absolute atomic E-state index is 0.565. The Balaban J connectivity index is 1.86. The maximum absolute atomic E-state index is 4.41. The first-order chi connectivity index (χ1) is 8.38. The fourth-order valence-electron chi connectivity index (χ4n) is 2.10. The summed E-state index contributed by atoms with van der Waals surface area (Å²) in [4.78, 5) is 4.41. The zero-order valence-corrected chi connectivity index (χ0v) is 10.4. The van der Waals surface area contributed by atoms with Crippen molar-refractivity contribution in [3.63, 3.8) is 0 Å². The minimum atomic E-state index is 0.565. The molecule has 1 saturated carbocycles. The number of rotatable bonds is 6. The Kier molecular flexibility index (Phi) is 4.53. The van der Waals surface area contributed by atoms with E-state index in [9.17, 15) is 0 Å². The molecule has 2 rings (SSSR count). The predicted molar refractivity (Wildman–Crippen MR) is 69.1 cm³/mol. The maximum Gasteiger partial charge on any atom is 0.244 e. The zero-order chi connectivity index (χ0) is 11.9. The molecule has 0 amide bonds. The quantitative estimate of drug-likeness (QED) is 0.741. The number of nitrogens with zero attached hydrogens (tertiary/aromatic N) is 3. The minimum Gasteiger partial charge on any atom is -0.366 e. The summed E-state index contributed by atoms with van der Waals surface area (Å²) in [5, 5.41) is 14.5. The maximum atomic E-state index is 4.41. The van der Waals surface area contributed by atoms with Crippen LogP contribution in [-0.4, -0.2) is 27.8 Å². The molecule has 1 fully saturated rings. The van der Waals surface area contributed by atoms with Gasteiger partial charge >= 0.3 is 0 Å². The molecule has 1 aromatic rings. The number of hydrogen-bond acceptors (Lipinski definition) is 5. The van der Waals surface area contributed by atoms with Gasteiger partial charge in [-0.2, -0.15) is 10.1 Å². The van der Waals surface area contributed by atoms with Gasteiger partial charge in [-0.05, 0) is 19.3 Å². The highest BCUT2D eigenvalue weighted by atomic mass is 15.3. The molecule has 1 aliphatic rings. The molecule has 0 saturated heterocycles. The highest BCUT2D eigenvalue weighted by Gasteiger charge is 2.15. The van der Waals surface area contributed by atoms with E-state index in [0.29, 0.717) is 12.0 Å². The van der Waals surface area contributed by atoms with E-state index in [-0.39, 0.29) is 0 Å². The molecule has 0 aliphatic heterocycles. The van der Waals surface area contributed by atoms with Crippen LogP contribution in [0, 0.1) is 0 Å². The Bertz CT molecular complexity index is 335. The molecule has 0 spiro atoms. The summed E-state index contributed by atoms with van der Waals surface area (Å²) < 4.78 is 0. The van der Waals surface area contributed by atoms with Crippen molar-refractivity contribution in [2.45, 2.75) is 51.5 Å². The van der Waals surface area contributed by atoms with Crippen molar-refractivity contribution in [2.24, 2.45) is 0 Å². The molecule has 0 atom stereocenters. The molecular formula is C12H21N5. The number of aromatic nitrogens is 3. The van der Waals surface area contributed by atoms with Crippen molar-refractivity contribution in [1.29, 1.82) is 0 Å². The fraction of sp³-hybridized carbons (Fsp3) is 0.750. The van der Waals surface area contributed by atoms with Crippen LogP contribution in [0.2, 0.25) is 0 Å². The first-order valence-electron chi connectivity index (χ1n) is 6.58. The van der Waals surface area contributed by atoms with Crippen LogP contribution in [0.15, 0.2) is 6.20 Å². The average Bonchev–Trinajstić information content (AvgIpc) is 2.83. The predicted octanol–water partition coefficient (Wildman–Crippen LogP) is 2.44. The molecule has 0 bridgehead atoms. The molecule has 0 unspecified atom stereocenters. The van der Waals surface area contributed by atoms with Gasteiger partial charge in [-0.15, -0.1) is 5.10 Å². The van der Waals surface area contributed by atoms with Crippen LogP contribution in [0.3, 0.4) is 0 Å². The van der Waals surface area contributed by atoms with Crippen LogP contribution in [0.1, 0.15) is 45.4 Å². The van der Waals surface area contributed by atoms with Gasteiger partial charge in [0.05, 0.1) is 6.20 Å². The van der Waals surface area contributed by atoms with Crippen LogP contribution in [0.4, 0.5) is 11.8 Å². The summed E-state index contributed by atoms with van der Waals surface area (Å²) in [6, 6.07) is 0.565. The van der Waals surface area contributed by atoms with E-state index in [1.54, 1.807) is 6.20 Å². The molecule has 0 radical (unpaired) electrons. The van der Waals surface area contributed by atoms with E-state index < -0.39 is 0 Å². The van der Waals surface area contributed by atoms with Gasteiger partial charge in [0.2, 0.25) is 5.95 Å². The van der Waals surface area contributed by atoms with Gasteiger partial charge in [-0.1, -0.05) is 26.2 Å². The first kappa shape index (κ1) is 12.1. The van der Waals surface area contributed by atoms with Gasteiger partial charge in [-0.25, -0.2) is 0 Å². The lowest BCUT2D eigenvalue weighted by Crippen LogP contribution is -2.17. The molecule has 1 aromatic heterocycles. The Morgan fingerprint density at radius 2 is 2.18 bits per heavy atom. The largest absolute Gasteiger partial charge is 0.366 e. The molecule has 2 N–H and O–H groups in total. The van der Waals surface area contributed by atoms with E-state index in [0.717, 1.165) is 18.8 Å². The van der Waals surface area contributed by atoms with Crippen molar-refractivity contribution in [2.75, 3.05) is 17.2 Å². The summed E-state index contributed by atoms with van der Waals surface area (Å²) in [5.74, 6) is 1.47. The Labute approximate surface area is 102 Å². The van der Waals surface area contributed by atoms with E-state index in [1.165, 1.54) is 32.1 Å². The first-order valence-corrected chi connectivity index (χ1v) is 6.58. The van der Waals surface area contributed by atoms with Crippen molar-refractivity contribution >= 4 is 11.8 Å². The highest BCUT2D eigenvalue weighted by molar-refractivity contribution is 5.37. The lowest BCUT2D eigenvalue weighted by molar-refractivity contribution is 0.746. The topological polar surface area (TPSA) is 62.7 Å². The van der Waals surface area contributed by atoms with Gasteiger partial charge in [0.25, 0.3) is 0 Å². The molecule has 5 heteroatoms. The Morgan fingerprint density at radius 3 is 2.94 bits per heavy atom. The van der Waals surface area contributed by atoms with Crippen LogP contribution in [-0.2, 0) is 0 Å². The molecule has 1 heterocycles. The van der Waals surface area contributed by atoms with E-state index >= 15 is 0 Å². The van der Waals surface area contributed by atoms with Crippen LogP contribution in [0.5, 0.6) is 0 Å². The molecule has 94 valence electrons. The number of nitrogens with one attached hydrogen (secondary N) is 2. The Morgan fingerprint density at radius 1 is 1.35 bits per heavy atom. The number of hydrogen-bond donors (Lipinski definition) is 2. The van der Waals surface area contributed by atoms with E-state index in [1.807, 2.05) is 0 Å². The van der Waals surface area contributed by atoms with Crippen molar-refractivity contribution in [1.82, 2.24) is 15.2 Å². The zero-order valence-electron chi connectivity index (χ0n) is 10.4. The molecule has 1 aliphatic carbocycles. The number of anilines is 2. The molecular weight excluding hydrogens is 214 g/mol. The van der Waals surface area contributed by atoms with Gasteiger partial charge < -0.3 is 10.6 Å². The van der Waals surface area contributed by atoms with Gasteiger partial charge in [-0.3, -0.25) is 0 Å². The highest BCUT2D eigenvalue weighted by Crippen LogP contribution is 2.21. The van der Waals surface area contributed by atoms with Crippen molar-refractivity contribution < 1.29 is 0 Å². The lowest BCUT2D eigenvalue weighted by Gasteiger charge is -2.12. The van der Waals surface area contributed by atoms with Crippen molar-refractivity contribution in [3.8, 4) is 0 Å². The van der Waals surface area contributed by atoms with Gasteiger partial charge in [0, 0.05) is 12.6 Å². The fourth-order valence-corrected chi connectivity index (χ4v) is 2.10. The monoisotopic (exact) mass is 235 g/mol. The van der Waals surface area contributed by atoms with E-state index in [2.05, 4.69) is 32.7 Å². The van der Waals surface area contributed by atoms with Crippen LogP contribution < -0.4 is 10.6 Å². The third kappa shape index (κ3) is 3.84. The third-order valence-corrected chi connectivity index (χ3v) is 3.08. The normalized spacial score (nSPS) is 16.1. The molecule has 17 heavy (non-hydrogen) atoms. The van der Waals surface area contributed by atoms with Crippen LogP contribution in [0.25, 0.3) is 0 Å². The summed E-state index contributed by atoms with van der Waals surface area (Å²) >= 11 is 0. The summed E-state index contributed by atoms with van der Waals surface area (Å²) in [5.41, 5.74) is 0. The van der Waals surface area contributed by atoms with Gasteiger partial charge in [0.15, 0.2) is 5.82 Å². The van der Waals surface area contributed by atoms with Gasteiger partial charge in [0.1, 0.15) is 0 Å². The van der Waals surface area contributed by atoms with Crippen LogP contribution >= 0.6 is 0 Å².